The van der Waals surface area contributed by atoms with E-state index in [1.807, 2.05) is 12.1 Å². The van der Waals surface area contributed by atoms with E-state index in [4.69, 9.17) is 18.9 Å². The average molecular weight is 460 g/mol. The van der Waals surface area contributed by atoms with Crippen LogP contribution in [0.5, 0.6) is 17.2 Å². The number of hydrogen-bond donors (Lipinski definition) is 0. The fourth-order valence-corrected chi connectivity index (χ4v) is 4.97. The number of aliphatic carboxylic acids is 1. The molecule has 2 aliphatic rings. The number of carbonyl (C=O) groups is 1. The third-order valence-electron chi connectivity index (χ3n) is 6.14. The predicted octanol–water partition coefficient (Wildman–Crippen LogP) is 3.81. The topological polar surface area (TPSA) is 77.1 Å². The number of ether oxygens (including phenoxy) is 4. The number of halogens is 1. The van der Waals surface area contributed by atoms with Crippen LogP contribution in [-0.2, 0) is 14.9 Å². The summed E-state index contributed by atoms with van der Waals surface area (Å²) >= 11 is 0. The quantitative estimate of drug-likeness (QED) is 0.306. The molecular weight excluding hydrogens is 431 g/mol. The third kappa shape index (κ3) is 4.91. The Hall–Kier alpha value is -2.58. The van der Waals surface area contributed by atoms with Gasteiger partial charge in [-0.25, -0.2) is 4.39 Å². The summed E-state index contributed by atoms with van der Waals surface area (Å²) in [4.78, 5) is 11.5. The van der Waals surface area contributed by atoms with E-state index in [-0.39, 0.29) is 31.7 Å². The number of hydrogen-bond acceptors (Lipinski definition) is 6. The van der Waals surface area contributed by atoms with E-state index < -0.39 is 25.3 Å². The highest BCUT2D eigenvalue weighted by molar-refractivity contribution is 6.76. The van der Waals surface area contributed by atoms with E-state index in [0.717, 1.165) is 17.2 Å². The minimum Gasteiger partial charge on any atom is -0.550 e. The van der Waals surface area contributed by atoms with Gasteiger partial charge in [-0.3, -0.25) is 0 Å². The molecule has 172 valence electrons. The highest BCUT2D eigenvalue weighted by Crippen LogP contribution is 2.63. The van der Waals surface area contributed by atoms with Crippen LogP contribution in [0.15, 0.2) is 36.4 Å². The molecule has 4 rings (SSSR count). The SMILES string of the molecule is C[Si](C)(C)CCOCOc1ccc(C2CC2(CC(=O)[O-])c2ccc3c(c2)OCO3)cc1F. The van der Waals surface area contributed by atoms with Crippen molar-refractivity contribution in [3.05, 3.63) is 53.3 Å². The molecule has 0 amide bonds. The second-order valence-electron chi connectivity index (χ2n) is 9.70. The van der Waals surface area contributed by atoms with E-state index in [1.54, 1.807) is 18.2 Å². The lowest BCUT2D eigenvalue weighted by molar-refractivity contribution is -0.306. The molecule has 0 radical (unpaired) electrons. The Morgan fingerprint density at radius 2 is 1.97 bits per heavy atom. The normalized spacial score (nSPS) is 21.4. The van der Waals surface area contributed by atoms with Crippen molar-refractivity contribution in [3.63, 3.8) is 0 Å². The predicted molar refractivity (Wildman–Crippen MR) is 117 cm³/mol. The summed E-state index contributed by atoms with van der Waals surface area (Å²) in [6.45, 7) is 7.52. The van der Waals surface area contributed by atoms with Crippen LogP contribution >= 0.6 is 0 Å². The Bertz CT molecular complexity index is 1000. The lowest BCUT2D eigenvalue weighted by Gasteiger charge is -2.20. The number of carbonyl (C=O) groups excluding carboxylic acids is 1. The molecular formula is C24H28FO6Si-. The fourth-order valence-electron chi connectivity index (χ4n) is 4.22. The number of carboxylic acid groups (broad SMARTS) is 1. The fraction of sp³-hybridized carbons (Fsp3) is 0.458. The summed E-state index contributed by atoms with van der Waals surface area (Å²) in [5, 5.41) is 11.5. The standard InChI is InChI=1S/C24H29FO6Si/c1-32(2,3)9-8-28-14-29-20-6-4-16(10-19(20)25)18-12-24(18,13-23(26)27)17-5-7-21-22(11-17)31-15-30-21/h4-7,10-11,18H,8-9,12-15H2,1-3H3,(H,26,27)/p-1. The minimum absolute atomic E-state index is 0.00398. The maximum Gasteiger partial charge on any atom is 0.231 e. The number of fused-ring (bicyclic) bond motifs is 1. The van der Waals surface area contributed by atoms with Crippen LogP contribution in [0.25, 0.3) is 0 Å². The van der Waals surface area contributed by atoms with Crippen LogP contribution in [-0.4, -0.2) is 34.2 Å². The zero-order valence-electron chi connectivity index (χ0n) is 18.6. The van der Waals surface area contributed by atoms with Gasteiger partial charge in [0, 0.05) is 26.1 Å². The van der Waals surface area contributed by atoms with Gasteiger partial charge in [0.25, 0.3) is 0 Å². The van der Waals surface area contributed by atoms with E-state index in [9.17, 15) is 14.3 Å². The molecule has 8 heteroatoms. The molecule has 1 aliphatic carbocycles. The molecule has 0 aromatic heterocycles. The molecule has 1 aliphatic heterocycles. The van der Waals surface area contributed by atoms with Crippen molar-refractivity contribution in [1.29, 1.82) is 0 Å². The largest absolute Gasteiger partial charge is 0.550 e. The first-order valence-electron chi connectivity index (χ1n) is 10.8. The van der Waals surface area contributed by atoms with Crippen LogP contribution < -0.4 is 19.3 Å². The van der Waals surface area contributed by atoms with Crippen molar-refractivity contribution in [2.24, 2.45) is 0 Å². The van der Waals surface area contributed by atoms with Gasteiger partial charge in [0.1, 0.15) is 0 Å². The summed E-state index contributed by atoms with van der Waals surface area (Å²) in [5.41, 5.74) is 0.898. The Morgan fingerprint density at radius 1 is 1.19 bits per heavy atom. The van der Waals surface area contributed by atoms with Gasteiger partial charge in [-0.1, -0.05) is 31.8 Å². The zero-order valence-corrected chi connectivity index (χ0v) is 19.6. The number of benzene rings is 2. The van der Waals surface area contributed by atoms with Crippen molar-refractivity contribution in [1.82, 2.24) is 0 Å². The van der Waals surface area contributed by atoms with Gasteiger partial charge in [-0.05, 0) is 60.2 Å². The molecule has 0 N–H and O–H groups in total. The van der Waals surface area contributed by atoms with Crippen molar-refractivity contribution in [2.45, 2.75) is 49.9 Å². The first-order valence-corrected chi connectivity index (χ1v) is 14.5. The second kappa shape index (κ2) is 8.75. The Balaban J connectivity index is 1.45. The molecule has 0 saturated heterocycles. The summed E-state index contributed by atoms with van der Waals surface area (Å²) in [6.07, 6.45) is 0.433. The molecule has 6 nitrogen and oxygen atoms in total. The lowest BCUT2D eigenvalue weighted by Crippen LogP contribution is -2.28. The van der Waals surface area contributed by atoms with Crippen LogP contribution in [0, 0.1) is 5.82 Å². The van der Waals surface area contributed by atoms with Crippen LogP contribution in [0.4, 0.5) is 4.39 Å². The summed E-state index contributed by atoms with van der Waals surface area (Å²) in [6, 6.07) is 11.2. The molecule has 1 heterocycles. The number of carboxylic acids is 1. The van der Waals surface area contributed by atoms with Gasteiger partial charge in [0.15, 0.2) is 29.9 Å². The lowest BCUT2D eigenvalue weighted by atomic mass is 9.87. The van der Waals surface area contributed by atoms with Gasteiger partial charge >= 0.3 is 0 Å². The Morgan fingerprint density at radius 3 is 2.69 bits per heavy atom. The molecule has 0 spiro atoms. The number of rotatable bonds is 10. The summed E-state index contributed by atoms with van der Waals surface area (Å²) in [7, 11) is -1.19. The molecule has 2 aromatic rings. The van der Waals surface area contributed by atoms with Crippen molar-refractivity contribution in [2.75, 3.05) is 20.2 Å². The van der Waals surface area contributed by atoms with Crippen molar-refractivity contribution >= 4 is 14.0 Å². The molecule has 2 aromatic carbocycles. The van der Waals surface area contributed by atoms with Crippen LogP contribution in [0.3, 0.4) is 0 Å². The van der Waals surface area contributed by atoms with E-state index in [1.165, 1.54) is 6.07 Å². The molecule has 1 fully saturated rings. The van der Waals surface area contributed by atoms with Gasteiger partial charge in [0.2, 0.25) is 6.79 Å². The minimum atomic E-state index is -1.19. The van der Waals surface area contributed by atoms with Crippen molar-refractivity contribution < 1.29 is 33.2 Å². The van der Waals surface area contributed by atoms with Gasteiger partial charge in [0.05, 0.1) is 0 Å². The van der Waals surface area contributed by atoms with Gasteiger partial charge in [-0.2, -0.15) is 0 Å². The maximum atomic E-state index is 14.7. The first-order chi connectivity index (χ1) is 15.2. The monoisotopic (exact) mass is 459 g/mol. The van der Waals surface area contributed by atoms with Crippen LogP contribution in [0.2, 0.25) is 25.7 Å². The van der Waals surface area contributed by atoms with Gasteiger partial charge < -0.3 is 28.8 Å². The maximum absolute atomic E-state index is 14.7. The summed E-state index contributed by atoms with van der Waals surface area (Å²) < 4.78 is 36.4. The van der Waals surface area contributed by atoms with E-state index in [0.29, 0.717) is 24.5 Å². The van der Waals surface area contributed by atoms with Gasteiger partial charge in [-0.15, -0.1) is 0 Å². The average Bonchev–Trinajstić information content (AvgIpc) is 3.23. The zero-order chi connectivity index (χ0) is 22.9. The first kappa shape index (κ1) is 22.6. The molecule has 32 heavy (non-hydrogen) atoms. The highest BCUT2D eigenvalue weighted by Gasteiger charge is 2.56. The Labute approximate surface area is 188 Å². The Kier molecular flexibility index (Phi) is 6.18. The second-order valence-corrected chi connectivity index (χ2v) is 15.3. The van der Waals surface area contributed by atoms with Crippen molar-refractivity contribution in [3.8, 4) is 17.2 Å². The summed E-state index contributed by atoms with van der Waals surface area (Å²) in [5.74, 6) is -0.422. The highest BCUT2D eigenvalue weighted by atomic mass is 28.3. The molecule has 1 saturated carbocycles. The van der Waals surface area contributed by atoms with E-state index in [2.05, 4.69) is 19.6 Å². The third-order valence-corrected chi connectivity index (χ3v) is 7.84. The smallest absolute Gasteiger partial charge is 0.231 e. The van der Waals surface area contributed by atoms with E-state index >= 15 is 0 Å². The molecule has 2 unspecified atom stereocenters. The van der Waals surface area contributed by atoms with Crippen LogP contribution in [0.1, 0.15) is 29.9 Å². The molecule has 2 atom stereocenters. The molecule has 0 bridgehead atoms.